The number of hydrogen-bond donors (Lipinski definition) is 1. The summed E-state index contributed by atoms with van der Waals surface area (Å²) in [7, 11) is 0. The van der Waals surface area contributed by atoms with E-state index in [1.807, 2.05) is 0 Å². The van der Waals surface area contributed by atoms with Crippen LogP contribution in [0.4, 0.5) is 0 Å². The highest BCUT2D eigenvalue weighted by molar-refractivity contribution is 5.25. The van der Waals surface area contributed by atoms with E-state index in [9.17, 15) is 0 Å². The summed E-state index contributed by atoms with van der Waals surface area (Å²) in [5.74, 6) is 0. The highest BCUT2D eigenvalue weighted by Crippen LogP contribution is 2.13. The van der Waals surface area contributed by atoms with Crippen molar-refractivity contribution in [3.63, 3.8) is 0 Å². The Kier molecular flexibility index (Phi) is 2.52. The van der Waals surface area contributed by atoms with Crippen molar-refractivity contribution < 1.29 is 0 Å². The van der Waals surface area contributed by atoms with Crippen molar-refractivity contribution in [1.29, 1.82) is 0 Å². The van der Waals surface area contributed by atoms with E-state index in [2.05, 4.69) is 18.2 Å². The van der Waals surface area contributed by atoms with E-state index >= 15 is 0 Å². The zero-order chi connectivity index (χ0) is 6.53. The van der Waals surface area contributed by atoms with Crippen LogP contribution in [-0.4, -0.2) is 6.54 Å². The second kappa shape index (κ2) is 3.46. The minimum atomic E-state index is 0.811. The predicted octanol–water partition coefficient (Wildman–Crippen LogP) is 1.61. The van der Waals surface area contributed by atoms with E-state index in [0.29, 0.717) is 0 Å². The Hall–Kier alpha value is -0.560. The van der Waals surface area contributed by atoms with Crippen LogP contribution in [-0.2, 0) is 0 Å². The van der Waals surface area contributed by atoms with Crippen LogP contribution >= 0.6 is 0 Å². The fourth-order valence-electron chi connectivity index (χ4n) is 0.998. The quantitative estimate of drug-likeness (QED) is 0.606. The van der Waals surface area contributed by atoms with Gasteiger partial charge in [0.2, 0.25) is 0 Å². The van der Waals surface area contributed by atoms with Gasteiger partial charge in [-0.25, -0.2) is 0 Å². The molecule has 0 saturated heterocycles. The van der Waals surface area contributed by atoms with Crippen LogP contribution in [0.15, 0.2) is 23.8 Å². The highest BCUT2D eigenvalue weighted by atomic mass is 14.5. The van der Waals surface area contributed by atoms with Crippen molar-refractivity contribution in [2.24, 2.45) is 5.73 Å². The molecule has 1 rings (SSSR count). The lowest BCUT2D eigenvalue weighted by Gasteiger charge is -1.94. The molecule has 50 valence electrons. The Labute approximate surface area is 56.2 Å². The summed E-state index contributed by atoms with van der Waals surface area (Å²) in [6.45, 7) is 0.811. The van der Waals surface area contributed by atoms with Crippen molar-refractivity contribution in [2.75, 3.05) is 6.54 Å². The van der Waals surface area contributed by atoms with Gasteiger partial charge in [-0.15, -0.1) is 0 Å². The van der Waals surface area contributed by atoms with Gasteiger partial charge in [-0.3, -0.25) is 0 Å². The third-order valence-corrected chi connectivity index (χ3v) is 1.52. The molecule has 1 aliphatic rings. The molecule has 1 heteroatoms. The van der Waals surface area contributed by atoms with E-state index in [-0.39, 0.29) is 0 Å². The van der Waals surface area contributed by atoms with Gasteiger partial charge in [0.25, 0.3) is 0 Å². The molecule has 0 amide bonds. The first-order chi connectivity index (χ1) is 4.43. The summed E-state index contributed by atoms with van der Waals surface area (Å²) in [5.41, 5.74) is 6.81. The van der Waals surface area contributed by atoms with Gasteiger partial charge >= 0.3 is 0 Å². The lowest BCUT2D eigenvalue weighted by molar-refractivity contribution is 0.836. The molecule has 0 aliphatic heterocycles. The molecule has 0 fully saturated rings. The summed E-state index contributed by atoms with van der Waals surface area (Å²) in [6.07, 6.45) is 10.0. The number of rotatable bonds is 3. The summed E-state index contributed by atoms with van der Waals surface area (Å²) in [5, 5.41) is 0. The molecule has 0 bridgehead atoms. The van der Waals surface area contributed by atoms with Gasteiger partial charge in [0.15, 0.2) is 0 Å². The Morgan fingerprint density at radius 3 is 3.00 bits per heavy atom. The van der Waals surface area contributed by atoms with E-state index in [1.165, 1.54) is 5.57 Å². The monoisotopic (exact) mass is 123 g/mol. The molecule has 0 aromatic carbocycles. The molecule has 0 aromatic rings. The zero-order valence-corrected chi connectivity index (χ0v) is 5.64. The van der Waals surface area contributed by atoms with Crippen molar-refractivity contribution in [3.8, 4) is 0 Å². The molecule has 0 radical (unpaired) electrons. The van der Waals surface area contributed by atoms with Gasteiger partial charge in [-0.1, -0.05) is 23.8 Å². The summed E-state index contributed by atoms with van der Waals surface area (Å²) in [6, 6.07) is 0. The van der Waals surface area contributed by atoms with Gasteiger partial charge < -0.3 is 5.73 Å². The minimum Gasteiger partial charge on any atom is -0.330 e. The third-order valence-electron chi connectivity index (χ3n) is 1.52. The second-order valence-corrected chi connectivity index (χ2v) is 2.31. The van der Waals surface area contributed by atoms with Crippen molar-refractivity contribution >= 4 is 0 Å². The van der Waals surface area contributed by atoms with Crippen molar-refractivity contribution in [3.05, 3.63) is 23.8 Å². The predicted molar refractivity (Wildman–Crippen MR) is 40.1 cm³/mol. The standard InChI is InChI=1S/C8H13N/c9-7-3-6-8-4-1-2-5-8/h1,4-5H,2-3,6-7,9H2. The Balaban J connectivity index is 2.19. The van der Waals surface area contributed by atoms with E-state index in [4.69, 9.17) is 5.73 Å². The van der Waals surface area contributed by atoms with Crippen LogP contribution in [0.25, 0.3) is 0 Å². The van der Waals surface area contributed by atoms with Gasteiger partial charge in [0.05, 0.1) is 0 Å². The first-order valence-corrected chi connectivity index (χ1v) is 3.49. The summed E-state index contributed by atoms with van der Waals surface area (Å²) < 4.78 is 0. The largest absolute Gasteiger partial charge is 0.330 e. The maximum atomic E-state index is 5.36. The van der Waals surface area contributed by atoms with E-state index in [1.54, 1.807) is 0 Å². The number of hydrogen-bond acceptors (Lipinski definition) is 1. The molecular weight excluding hydrogens is 110 g/mol. The Morgan fingerprint density at radius 2 is 2.44 bits per heavy atom. The Morgan fingerprint density at radius 1 is 1.56 bits per heavy atom. The average molecular weight is 123 g/mol. The van der Waals surface area contributed by atoms with Crippen LogP contribution in [0.5, 0.6) is 0 Å². The van der Waals surface area contributed by atoms with Gasteiger partial charge in [-0.2, -0.15) is 0 Å². The van der Waals surface area contributed by atoms with E-state index < -0.39 is 0 Å². The van der Waals surface area contributed by atoms with Gasteiger partial charge in [-0.05, 0) is 25.8 Å². The van der Waals surface area contributed by atoms with Gasteiger partial charge in [0.1, 0.15) is 0 Å². The molecule has 1 nitrogen and oxygen atoms in total. The fourth-order valence-corrected chi connectivity index (χ4v) is 0.998. The topological polar surface area (TPSA) is 26.0 Å². The first kappa shape index (κ1) is 6.56. The minimum absolute atomic E-state index is 0.811. The number of allylic oxidation sites excluding steroid dienone is 4. The third kappa shape index (κ3) is 2.02. The average Bonchev–Trinajstić information content (AvgIpc) is 2.34. The normalized spacial score (nSPS) is 16.3. The molecule has 0 unspecified atom stereocenters. The Bertz CT molecular complexity index is 134. The second-order valence-electron chi connectivity index (χ2n) is 2.31. The highest BCUT2D eigenvalue weighted by Gasteiger charge is 1.94. The maximum Gasteiger partial charge on any atom is -0.00741 e. The first-order valence-electron chi connectivity index (χ1n) is 3.49. The molecule has 0 atom stereocenters. The molecule has 0 aromatic heterocycles. The maximum absolute atomic E-state index is 5.36. The van der Waals surface area contributed by atoms with Crippen LogP contribution in [0.2, 0.25) is 0 Å². The van der Waals surface area contributed by atoms with Crippen LogP contribution in [0.1, 0.15) is 19.3 Å². The molecule has 0 saturated carbocycles. The summed E-state index contributed by atoms with van der Waals surface area (Å²) in [4.78, 5) is 0. The fraction of sp³-hybridized carbons (Fsp3) is 0.500. The molecule has 1 aliphatic carbocycles. The lowest BCUT2D eigenvalue weighted by atomic mass is 10.1. The van der Waals surface area contributed by atoms with Crippen molar-refractivity contribution in [1.82, 2.24) is 0 Å². The summed E-state index contributed by atoms with van der Waals surface area (Å²) >= 11 is 0. The molecule has 2 N–H and O–H groups in total. The molecule has 0 spiro atoms. The van der Waals surface area contributed by atoms with Gasteiger partial charge in [0, 0.05) is 0 Å². The molecule has 0 heterocycles. The molecular formula is C8H13N. The SMILES string of the molecule is NCCCC1=CCC=C1. The van der Waals surface area contributed by atoms with E-state index in [0.717, 1.165) is 25.8 Å². The van der Waals surface area contributed by atoms with Crippen LogP contribution in [0.3, 0.4) is 0 Å². The van der Waals surface area contributed by atoms with Crippen LogP contribution in [0, 0.1) is 0 Å². The lowest BCUT2D eigenvalue weighted by Crippen LogP contribution is -1.97. The zero-order valence-electron chi connectivity index (χ0n) is 5.64. The molecule has 9 heavy (non-hydrogen) atoms. The number of nitrogens with two attached hydrogens (primary N) is 1. The van der Waals surface area contributed by atoms with Crippen LogP contribution < -0.4 is 5.73 Å². The van der Waals surface area contributed by atoms with Crippen molar-refractivity contribution in [2.45, 2.75) is 19.3 Å². The smallest absolute Gasteiger partial charge is 0.00741 e.